The van der Waals surface area contributed by atoms with E-state index in [4.69, 9.17) is 0 Å². The quantitative estimate of drug-likeness (QED) is 0.479. The average molecular weight is 386 g/mol. The van der Waals surface area contributed by atoms with Crippen molar-refractivity contribution in [2.24, 2.45) is 0 Å². The van der Waals surface area contributed by atoms with Gasteiger partial charge in [0.25, 0.3) is 11.6 Å². The highest BCUT2D eigenvalue weighted by molar-refractivity contribution is 7.99. The van der Waals surface area contributed by atoms with E-state index in [0.29, 0.717) is 11.6 Å². The first-order valence-electron chi connectivity index (χ1n) is 7.71. The van der Waals surface area contributed by atoms with E-state index in [1.807, 2.05) is 0 Å². The van der Waals surface area contributed by atoms with Gasteiger partial charge in [-0.3, -0.25) is 14.9 Å². The van der Waals surface area contributed by atoms with Gasteiger partial charge in [0.15, 0.2) is 0 Å². The average Bonchev–Trinajstić information content (AvgIpc) is 2.64. The Labute approximate surface area is 157 Å². The third-order valence-corrected chi connectivity index (χ3v) is 4.56. The summed E-state index contributed by atoms with van der Waals surface area (Å²) >= 11 is 1.32. The Balaban J connectivity index is 1.74. The zero-order chi connectivity index (χ0) is 19.4. The lowest BCUT2D eigenvalue weighted by Gasteiger charge is -2.08. The van der Waals surface area contributed by atoms with Gasteiger partial charge in [0.1, 0.15) is 11.6 Å². The number of hydrogen-bond donors (Lipinski definition) is 1. The van der Waals surface area contributed by atoms with Crippen molar-refractivity contribution in [3.63, 3.8) is 0 Å². The zero-order valence-electron chi connectivity index (χ0n) is 13.7. The molecule has 0 radical (unpaired) electrons. The Morgan fingerprint density at radius 2 is 1.70 bits per heavy atom. The molecule has 136 valence electrons. The van der Waals surface area contributed by atoms with Gasteiger partial charge < -0.3 is 5.32 Å². The van der Waals surface area contributed by atoms with E-state index in [1.54, 1.807) is 36.4 Å². The number of rotatable bonds is 5. The molecular formula is C19H12F2N2O3S. The summed E-state index contributed by atoms with van der Waals surface area (Å²) in [5.41, 5.74) is 0.175. The number of nitro benzene ring substituents is 1. The van der Waals surface area contributed by atoms with Gasteiger partial charge >= 0.3 is 0 Å². The largest absolute Gasteiger partial charge is 0.319 e. The summed E-state index contributed by atoms with van der Waals surface area (Å²) in [6.07, 6.45) is 0. The minimum Gasteiger partial charge on any atom is -0.319 e. The van der Waals surface area contributed by atoms with E-state index in [1.165, 1.54) is 23.9 Å². The summed E-state index contributed by atoms with van der Waals surface area (Å²) in [4.78, 5) is 24.0. The molecule has 27 heavy (non-hydrogen) atoms. The van der Waals surface area contributed by atoms with Crippen LogP contribution in [0.3, 0.4) is 0 Å². The SMILES string of the molecule is O=C(Nc1ccc(F)cc1F)c1cccc(Sc2ccc([N+](=O)[O-])cc2)c1. The molecule has 0 heterocycles. The van der Waals surface area contributed by atoms with Crippen molar-refractivity contribution < 1.29 is 18.5 Å². The third kappa shape index (κ3) is 4.68. The molecule has 3 aromatic rings. The number of nitro groups is 1. The van der Waals surface area contributed by atoms with Gasteiger partial charge in [0.2, 0.25) is 0 Å². The van der Waals surface area contributed by atoms with E-state index in [-0.39, 0.29) is 11.4 Å². The van der Waals surface area contributed by atoms with E-state index in [0.717, 1.165) is 21.9 Å². The van der Waals surface area contributed by atoms with Gasteiger partial charge in [-0.2, -0.15) is 0 Å². The number of nitrogens with zero attached hydrogens (tertiary/aromatic N) is 1. The van der Waals surface area contributed by atoms with Crippen LogP contribution >= 0.6 is 11.8 Å². The van der Waals surface area contributed by atoms with Gasteiger partial charge in [-0.25, -0.2) is 8.78 Å². The lowest BCUT2D eigenvalue weighted by Crippen LogP contribution is -2.13. The lowest BCUT2D eigenvalue weighted by atomic mass is 10.2. The third-order valence-electron chi connectivity index (χ3n) is 3.56. The van der Waals surface area contributed by atoms with E-state index >= 15 is 0 Å². The number of hydrogen-bond acceptors (Lipinski definition) is 4. The van der Waals surface area contributed by atoms with E-state index in [2.05, 4.69) is 5.32 Å². The fraction of sp³-hybridized carbons (Fsp3) is 0. The zero-order valence-corrected chi connectivity index (χ0v) is 14.5. The van der Waals surface area contributed by atoms with Crippen LogP contribution in [0.2, 0.25) is 0 Å². The molecule has 1 N–H and O–H groups in total. The molecule has 0 bridgehead atoms. The Morgan fingerprint density at radius 3 is 2.37 bits per heavy atom. The van der Waals surface area contributed by atoms with Gasteiger partial charge in [-0.05, 0) is 42.5 Å². The van der Waals surface area contributed by atoms with Crippen LogP contribution in [0.1, 0.15) is 10.4 Å². The van der Waals surface area contributed by atoms with Gasteiger partial charge in [-0.15, -0.1) is 0 Å². The summed E-state index contributed by atoms with van der Waals surface area (Å²) < 4.78 is 26.6. The predicted octanol–water partition coefficient (Wildman–Crippen LogP) is 5.28. The Bertz CT molecular complexity index is 1010. The van der Waals surface area contributed by atoms with Gasteiger partial charge in [-0.1, -0.05) is 17.8 Å². The molecule has 0 aromatic heterocycles. The molecule has 0 saturated heterocycles. The van der Waals surface area contributed by atoms with Crippen molar-refractivity contribution >= 4 is 29.0 Å². The summed E-state index contributed by atoms with van der Waals surface area (Å²) in [7, 11) is 0. The second kappa shape index (κ2) is 7.96. The summed E-state index contributed by atoms with van der Waals surface area (Å²) in [6, 6.07) is 15.6. The van der Waals surface area contributed by atoms with Crippen LogP contribution in [0.25, 0.3) is 0 Å². The Hall–Kier alpha value is -3.26. The minimum atomic E-state index is -0.861. The number of benzene rings is 3. The van der Waals surface area contributed by atoms with Gasteiger partial charge in [0, 0.05) is 33.6 Å². The summed E-state index contributed by atoms with van der Waals surface area (Å²) in [6.45, 7) is 0. The van der Waals surface area contributed by atoms with Crippen LogP contribution in [0, 0.1) is 21.7 Å². The molecule has 3 rings (SSSR count). The topological polar surface area (TPSA) is 72.2 Å². The van der Waals surface area contributed by atoms with Crippen LogP contribution in [0.5, 0.6) is 0 Å². The monoisotopic (exact) mass is 386 g/mol. The number of anilines is 1. The Kier molecular flexibility index (Phi) is 5.46. The molecule has 5 nitrogen and oxygen atoms in total. The fourth-order valence-corrected chi connectivity index (χ4v) is 3.13. The highest BCUT2D eigenvalue weighted by atomic mass is 32.2. The molecular weight excluding hydrogens is 374 g/mol. The molecule has 1 amide bonds. The smallest absolute Gasteiger partial charge is 0.269 e. The number of carbonyl (C=O) groups is 1. The van der Waals surface area contributed by atoms with Crippen molar-refractivity contribution in [1.29, 1.82) is 0 Å². The maximum absolute atomic E-state index is 13.7. The van der Waals surface area contributed by atoms with Crippen LogP contribution in [-0.4, -0.2) is 10.8 Å². The lowest BCUT2D eigenvalue weighted by molar-refractivity contribution is -0.384. The first-order valence-corrected chi connectivity index (χ1v) is 8.53. The first kappa shape index (κ1) is 18.5. The Morgan fingerprint density at radius 1 is 0.963 bits per heavy atom. The number of non-ortho nitro benzene ring substituents is 1. The van der Waals surface area contributed by atoms with E-state index < -0.39 is 22.5 Å². The number of amides is 1. The molecule has 0 unspecified atom stereocenters. The van der Waals surface area contributed by atoms with Crippen molar-refractivity contribution in [3.8, 4) is 0 Å². The minimum absolute atomic E-state index is 0.00574. The molecule has 0 saturated carbocycles. The number of nitrogens with one attached hydrogen (secondary N) is 1. The van der Waals surface area contributed by atoms with Crippen LogP contribution in [-0.2, 0) is 0 Å². The number of carbonyl (C=O) groups excluding carboxylic acids is 1. The maximum Gasteiger partial charge on any atom is 0.269 e. The molecule has 0 aliphatic heterocycles. The molecule has 0 fully saturated rings. The highest BCUT2D eigenvalue weighted by Gasteiger charge is 2.11. The van der Waals surface area contributed by atoms with Crippen molar-refractivity contribution in [1.82, 2.24) is 0 Å². The molecule has 8 heteroatoms. The maximum atomic E-state index is 13.7. The molecule has 0 spiro atoms. The summed E-state index contributed by atoms with van der Waals surface area (Å²) in [5, 5.41) is 13.1. The molecule has 0 atom stereocenters. The van der Waals surface area contributed by atoms with Crippen LogP contribution in [0.15, 0.2) is 76.5 Å². The van der Waals surface area contributed by atoms with Crippen molar-refractivity contribution in [3.05, 3.63) is 94.0 Å². The van der Waals surface area contributed by atoms with Gasteiger partial charge in [0.05, 0.1) is 10.6 Å². The fourth-order valence-electron chi connectivity index (χ4n) is 2.26. The molecule has 0 aliphatic carbocycles. The van der Waals surface area contributed by atoms with Crippen LogP contribution < -0.4 is 5.32 Å². The second-order valence-electron chi connectivity index (χ2n) is 5.46. The van der Waals surface area contributed by atoms with E-state index in [9.17, 15) is 23.7 Å². The highest BCUT2D eigenvalue weighted by Crippen LogP contribution is 2.29. The molecule has 0 aliphatic rings. The van der Waals surface area contributed by atoms with Crippen molar-refractivity contribution in [2.75, 3.05) is 5.32 Å². The summed E-state index contributed by atoms with van der Waals surface area (Å²) in [5.74, 6) is -2.13. The first-order chi connectivity index (χ1) is 12.9. The van der Waals surface area contributed by atoms with Crippen molar-refractivity contribution in [2.45, 2.75) is 9.79 Å². The normalized spacial score (nSPS) is 10.4. The standard InChI is InChI=1S/C19H12F2N2O3S/c20-13-4-9-18(17(21)11-13)22-19(24)12-2-1-3-16(10-12)27-15-7-5-14(6-8-15)23(25)26/h1-11H,(H,22,24). The number of halogens is 2. The van der Waals surface area contributed by atoms with Crippen LogP contribution in [0.4, 0.5) is 20.2 Å². The molecule has 3 aromatic carbocycles. The predicted molar refractivity (Wildman–Crippen MR) is 98.0 cm³/mol. The second-order valence-corrected chi connectivity index (χ2v) is 6.61.